The second kappa shape index (κ2) is 5.25. The number of likely N-dealkylation sites (tertiary alicyclic amines) is 2. The Morgan fingerprint density at radius 3 is 2.47 bits per heavy atom. The molecule has 3 heteroatoms. The van der Waals surface area contributed by atoms with E-state index in [1.54, 1.807) is 0 Å². The van der Waals surface area contributed by atoms with Gasteiger partial charge >= 0.3 is 0 Å². The average molecular weight is 239 g/mol. The van der Waals surface area contributed by atoms with Crippen LogP contribution in [0.2, 0.25) is 0 Å². The molecule has 0 spiro atoms. The van der Waals surface area contributed by atoms with E-state index in [9.17, 15) is 0 Å². The minimum absolute atomic E-state index is 0.325. The van der Waals surface area contributed by atoms with Crippen LogP contribution in [-0.4, -0.2) is 54.1 Å². The number of hydrogen-bond donors (Lipinski definition) is 1. The maximum absolute atomic E-state index is 5.79. The summed E-state index contributed by atoms with van der Waals surface area (Å²) >= 11 is 0. The lowest BCUT2D eigenvalue weighted by Crippen LogP contribution is -2.53. The van der Waals surface area contributed by atoms with Gasteiger partial charge in [-0.3, -0.25) is 9.80 Å². The first-order chi connectivity index (χ1) is 8.00. The summed E-state index contributed by atoms with van der Waals surface area (Å²) in [6.07, 6.45) is 4.04. The van der Waals surface area contributed by atoms with E-state index in [1.807, 2.05) is 0 Å². The predicted molar refractivity (Wildman–Crippen MR) is 73.1 cm³/mol. The molecular formula is C14H29N3. The number of nitrogens with zero attached hydrogens (tertiary/aromatic N) is 2. The van der Waals surface area contributed by atoms with Crippen LogP contribution in [0.25, 0.3) is 0 Å². The average Bonchev–Trinajstić information content (AvgIpc) is 2.76. The lowest BCUT2D eigenvalue weighted by molar-refractivity contribution is 0.0513. The predicted octanol–water partition coefficient (Wildman–Crippen LogP) is 1.53. The zero-order chi connectivity index (χ0) is 12.5. The van der Waals surface area contributed by atoms with Gasteiger partial charge in [-0.05, 0) is 65.6 Å². The molecule has 0 aromatic heterocycles. The van der Waals surface area contributed by atoms with Gasteiger partial charge in [0.05, 0.1) is 0 Å². The van der Waals surface area contributed by atoms with Gasteiger partial charge in [-0.1, -0.05) is 0 Å². The van der Waals surface area contributed by atoms with Crippen molar-refractivity contribution < 1.29 is 0 Å². The molecule has 2 N–H and O–H groups in total. The molecule has 2 fully saturated rings. The molecule has 2 unspecified atom stereocenters. The Morgan fingerprint density at radius 2 is 1.88 bits per heavy atom. The zero-order valence-corrected chi connectivity index (χ0v) is 11.8. The number of rotatable bonds is 2. The van der Waals surface area contributed by atoms with Gasteiger partial charge < -0.3 is 5.73 Å². The Hall–Kier alpha value is -0.120. The third-order valence-electron chi connectivity index (χ3n) is 4.51. The third-order valence-corrected chi connectivity index (χ3v) is 4.51. The highest BCUT2D eigenvalue weighted by Crippen LogP contribution is 2.26. The molecular weight excluding hydrogens is 210 g/mol. The molecule has 100 valence electrons. The molecule has 17 heavy (non-hydrogen) atoms. The summed E-state index contributed by atoms with van der Waals surface area (Å²) < 4.78 is 0. The molecule has 0 amide bonds. The van der Waals surface area contributed by atoms with E-state index in [4.69, 9.17) is 5.73 Å². The normalized spacial score (nSPS) is 33.2. The van der Waals surface area contributed by atoms with Crippen molar-refractivity contribution in [3.05, 3.63) is 0 Å². The van der Waals surface area contributed by atoms with E-state index in [0.717, 1.165) is 18.5 Å². The fraction of sp³-hybridized carbons (Fsp3) is 1.00. The maximum Gasteiger partial charge on any atom is 0.0223 e. The Labute approximate surface area is 106 Å². The lowest BCUT2D eigenvalue weighted by Gasteiger charge is -2.44. The van der Waals surface area contributed by atoms with Gasteiger partial charge in [-0.25, -0.2) is 0 Å². The largest absolute Gasteiger partial charge is 0.330 e. The van der Waals surface area contributed by atoms with Crippen LogP contribution in [-0.2, 0) is 0 Å². The van der Waals surface area contributed by atoms with Crippen molar-refractivity contribution in [2.45, 2.75) is 51.6 Å². The maximum atomic E-state index is 5.79. The van der Waals surface area contributed by atoms with Crippen LogP contribution < -0.4 is 5.73 Å². The SMILES string of the molecule is CC(C)(C)N1CCCC(N2CCC(CN)C2)C1. The van der Waals surface area contributed by atoms with Gasteiger partial charge in [-0.15, -0.1) is 0 Å². The van der Waals surface area contributed by atoms with Crippen LogP contribution >= 0.6 is 0 Å². The topological polar surface area (TPSA) is 32.5 Å². The van der Waals surface area contributed by atoms with Crippen molar-refractivity contribution in [1.82, 2.24) is 9.80 Å². The van der Waals surface area contributed by atoms with Crippen molar-refractivity contribution in [2.75, 3.05) is 32.7 Å². The highest BCUT2D eigenvalue weighted by Gasteiger charge is 2.33. The van der Waals surface area contributed by atoms with Gasteiger partial charge in [0.1, 0.15) is 0 Å². The molecule has 2 rings (SSSR count). The van der Waals surface area contributed by atoms with Crippen molar-refractivity contribution >= 4 is 0 Å². The highest BCUT2D eigenvalue weighted by molar-refractivity contribution is 4.89. The minimum atomic E-state index is 0.325. The number of nitrogens with two attached hydrogens (primary N) is 1. The Balaban J connectivity index is 1.90. The van der Waals surface area contributed by atoms with E-state index >= 15 is 0 Å². The molecule has 2 saturated heterocycles. The molecule has 0 bridgehead atoms. The van der Waals surface area contributed by atoms with E-state index < -0.39 is 0 Å². The second-order valence-corrected chi connectivity index (χ2v) is 6.80. The van der Waals surface area contributed by atoms with Crippen LogP contribution in [0.15, 0.2) is 0 Å². The van der Waals surface area contributed by atoms with Crippen LogP contribution in [0.3, 0.4) is 0 Å². The fourth-order valence-electron chi connectivity index (χ4n) is 3.25. The summed E-state index contributed by atoms with van der Waals surface area (Å²) in [5.41, 5.74) is 6.11. The molecule has 2 aliphatic rings. The summed E-state index contributed by atoms with van der Waals surface area (Å²) in [5, 5.41) is 0. The van der Waals surface area contributed by atoms with E-state index in [0.29, 0.717) is 5.54 Å². The van der Waals surface area contributed by atoms with Crippen molar-refractivity contribution in [2.24, 2.45) is 11.7 Å². The molecule has 0 saturated carbocycles. The molecule has 0 aromatic rings. The first-order valence-electron chi connectivity index (χ1n) is 7.20. The fourth-order valence-corrected chi connectivity index (χ4v) is 3.25. The first-order valence-corrected chi connectivity index (χ1v) is 7.20. The van der Waals surface area contributed by atoms with Gasteiger partial charge in [0.2, 0.25) is 0 Å². The van der Waals surface area contributed by atoms with E-state index in [2.05, 4.69) is 30.6 Å². The van der Waals surface area contributed by atoms with Crippen LogP contribution in [0.4, 0.5) is 0 Å². The molecule has 0 aliphatic carbocycles. The monoisotopic (exact) mass is 239 g/mol. The Morgan fingerprint density at radius 1 is 1.12 bits per heavy atom. The number of piperidine rings is 1. The Bertz CT molecular complexity index is 246. The summed E-state index contributed by atoms with van der Waals surface area (Å²) in [5.74, 6) is 0.750. The summed E-state index contributed by atoms with van der Waals surface area (Å²) in [4.78, 5) is 5.34. The molecule has 2 atom stereocenters. The van der Waals surface area contributed by atoms with Crippen molar-refractivity contribution in [3.63, 3.8) is 0 Å². The first kappa shape index (κ1) is 13.3. The highest BCUT2D eigenvalue weighted by atomic mass is 15.3. The molecule has 3 nitrogen and oxygen atoms in total. The molecule has 2 aliphatic heterocycles. The van der Waals surface area contributed by atoms with Gasteiger partial charge in [-0.2, -0.15) is 0 Å². The quantitative estimate of drug-likeness (QED) is 0.793. The Kier molecular flexibility index (Phi) is 4.11. The van der Waals surface area contributed by atoms with Crippen molar-refractivity contribution in [3.8, 4) is 0 Å². The van der Waals surface area contributed by atoms with Crippen LogP contribution in [0, 0.1) is 5.92 Å². The van der Waals surface area contributed by atoms with Gasteiger partial charge in [0, 0.05) is 24.7 Å². The summed E-state index contributed by atoms with van der Waals surface area (Å²) in [6, 6.07) is 0.777. The third kappa shape index (κ3) is 3.21. The van der Waals surface area contributed by atoms with Gasteiger partial charge in [0.15, 0.2) is 0 Å². The van der Waals surface area contributed by atoms with Crippen molar-refractivity contribution in [1.29, 1.82) is 0 Å². The standard InChI is InChI=1S/C14H29N3/c1-14(2,3)17-7-4-5-13(11-17)16-8-6-12(9-15)10-16/h12-13H,4-11,15H2,1-3H3. The van der Waals surface area contributed by atoms with Crippen LogP contribution in [0.5, 0.6) is 0 Å². The lowest BCUT2D eigenvalue weighted by atomic mass is 9.97. The zero-order valence-electron chi connectivity index (χ0n) is 11.8. The summed E-state index contributed by atoms with van der Waals surface area (Å²) in [6.45, 7) is 12.9. The van der Waals surface area contributed by atoms with Crippen LogP contribution in [0.1, 0.15) is 40.0 Å². The van der Waals surface area contributed by atoms with E-state index in [-0.39, 0.29) is 0 Å². The molecule has 0 aromatic carbocycles. The minimum Gasteiger partial charge on any atom is -0.330 e. The smallest absolute Gasteiger partial charge is 0.0223 e. The van der Waals surface area contributed by atoms with Gasteiger partial charge in [0.25, 0.3) is 0 Å². The number of hydrogen-bond acceptors (Lipinski definition) is 3. The summed E-state index contributed by atoms with van der Waals surface area (Å²) in [7, 11) is 0. The molecule has 0 radical (unpaired) electrons. The molecule has 2 heterocycles. The van der Waals surface area contributed by atoms with E-state index in [1.165, 1.54) is 45.4 Å². The second-order valence-electron chi connectivity index (χ2n) is 6.80.